The van der Waals surface area contributed by atoms with Crippen molar-refractivity contribution in [2.75, 3.05) is 6.54 Å². The first-order chi connectivity index (χ1) is 16.6. The molecule has 1 unspecified atom stereocenters. The number of amides is 2. The number of hydrogen-bond acceptors (Lipinski definition) is 4. The number of nitrogens with one attached hydrogen (secondary N) is 1. The lowest BCUT2D eigenvalue weighted by Gasteiger charge is -2.25. The first kappa shape index (κ1) is 25.1. The van der Waals surface area contributed by atoms with Crippen molar-refractivity contribution in [3.8, 4) is 17.0 Å². The maximum absolute atomic E-state index is 14.7. The number of carbonyl (C=O) groups is 2. The second-order valence-corrected chi connectivity index (χ2v) is 9.75. The number of rotatable bonds is 7. The van der Waals surface area contributed by atoms with Crippen molar-refractivity contribution in [1.82, 2.24) is 20.0 Å². The van der Waals surface area contributed by atoms with Crippen LogP contribution in [0.1, 0.15) is 57.8 Å². The number of alkyl halides is 2. The fraction of sp³-hybridized carbons (Fsp3) is 0.560. The van der Waals surface area contributed by atoms with E-state index in [4.69, 9.17) is 0 Å². The number of ether oxygens (including phenoxy) is 1. The molecule has 0 spiro atoms. The first-order valence-corrected chi connectivity index (χ1v) is 12.0. The van der Waals surface area contributed by atoms with Crippen molar-refractivity contribution in [3.63, 3.8) is 0 Å². The van der Waals surface area contributed by atoms with Crippen LogP contribution in [0.3, 0.4) is 0 Å². The number of carbonyl (C=O) groups excluding carboxylic acids is 2. The Morgan fingerprint density at radius 3 is 2.54 bits per heavy atom. The molecule has 35 heavy (non-hydrogen) atoms. The van der Waals surface area contributed by atoms with Gasteiger partial charge in [0.2, 0.25) is 11.8 Å². The molecule has 1 aromatic carbocycles. The highest BCUT2D eigenvalue weighted by Crippen LogP contribution is 2.37. The van der Waals surface area contributed by atoms with E-state index in [9.17, 15) is 22.8 Å². The lowest BCUT2D eigenvalue weighted by atomic mass is 9.84. The minimum atomic E-state index is -3.02. The Kier molecular flexibility index (Phi) is 7.10. The Morgan fingerprint density at radius 2 is 1.91 bits per heavy atom. The van der Waals surface area contributed by atoms with Gasteiger partial charge in [-0.05, 0) is 65.2 Å². The Hall–Kier alpha value is -3.04. The molecule has 190 valence electrons. The van der Waals surface area contributed by atoms with Gasteiger partial charge in [0.25, 0.3) is 0 Å². The van der Waals surface area contributed by atoms with Crippen molar-refractivity contribution in [2.45, 2.75) is 78.1 Å². The van der Waals surface area contributed by atoms with E-state index in [-0.39, 0.29) is 41.1 Å². The molecule has 2 atom stereocenters. The third kappa shape index (κ3) is 5.01. The molecule has 2 amide bonds. The van der Waals surface area contributed by atoms with Gasteiger partial charge in [0, 0.05) is 47.8 Å². The largest absolute Gasteiger partial charge is 0.435 e. The molecular formula is C25H31F3N4O3. The fourth-order valence-corrected chi connectivity index (χ4v) is 5.00. The summed E-state index contributed by atoms with van der Waals surface area (Å²) in [5.41, 5.74) is 2.09. The van der Waals surface area contributed by atoms with E-state index in [1.807, 2.05) is 27.7 Å². The number of fused-ring (bicyclic) bond motifs is 1. The summed E-state index contributed by atoms with van der Waals surface area (Å²) in [5.74, 6) is -1.30. The minimum absolute atomic E-state index is 0.0549. The molecule has 1 fully saturated rings. The number of halogens is 3. The van der Waals surface area contributed by atoms with E-state index >= 15 is 0 Å². The van der Waals surface area contributed by atoms with E-state index in [0.717, 1.165) is 23.4 Å². The van der Waals surface area contributed by atoms with Crippen LogP contribution in [0.2, 0.25) is 0 Å². The molecular weight excluding hydrogens is 461 g/mol. The highest BCUT2D eigenvalue weighted by Gasteiger charge is 2.37. The first-order valence-electron chi connectivity index (χ1n) is 12.0. The number of nitrogens with zero attached hydrogens (tertiary/aromatic N) is 3. The summed E-state index contributed by atoms with van der Waals surface area (Å²) in [7, 11) is 0. The van der Waals surface area contributed by atoms with E-state index in [0.29, 0.717) is 37.9 Å². The molecule has 0 radical (unpaired) electrons. The topological polar surface area (TPSA) is 76.5 Å². The summed E-state index contributed by atoms with van der Waals surface area (Å²) in [5, 5.41) is 7.55. The van der Waals surface area contributed by atoms with Crippen molar-refractivity contribution in [1.29, 1.82) is 0 Å². The standard InChI is InChI=1S/C25H31F3N4O3/c1-13(2)31-10-9-20(24(31)34)29-23(33)15-5-7-17-21(11-15)32(14(3)4)30-22(17)18-12-16(35-25(27)28)6-8-19(18)26/h6,8,12-15,20,25H,5,7,9-11H2,1-4H3,(H,29,33)/t15-,20?/m1/s1. The maximum Gasteiger partial charge on any atom is 0.387 e. The van der Waals surface area contributed by atoms with Crippen LogP contribution in [-0.2, 0) is 22.4 Å². The van der Waals surface area contributed by atoms with Crippen LogP contribution in [0.15, 0.2) is 18.2 Å². The zero-order valence-corrected chi connectivity index (χ0v) is 20.4. The van der Waals surface area contributed by atoms with Gasteiger partial charge in [-0.25, -0.2) is 4.39 Å². The molecule has 0 bridgehead atoms. The summed E-state index contributed by atoms with van der Waals surface area (Å²) >= 11 is 0. The van der Waals surface area contributed by atoms with Crippen molar-refractivity contribution < 1.29 is 27.5 Å². The summed E-state index contributed by atoms with van der Waals surface area (Å²) < 4.78 is 46.3. The Morgan fingerprint density at radius 1 is 1.17 bits per heavy atom. The van der Waals surface area contributed by atoms with Gasteiger partial charge in [0.1, 0.15) is 17.6 Å². The normalized spacial score (nSPS) is 20.2. The Bertz CT molecular complexity index is 1120. The van der Waals surface area contributed by atoms with Crippen LogP contribution >= 0.6 is 0 Å². The highest BCUT2D eigenvalue weighted by molar-refractivity contribution is 5.90. The molecule has 2 heterocycles. The number of likely N-dealkylation sites (tertiary alicyclic amines) is 1. The molecule has 1 saturated heterocycles. The second kappa shape index (κ2) is 9.91. The van der Waals surface area contributed by atoms with Crippen molar-refractivity contribution >= 4 is 11.8 Å². The van der Waals surface area contributed by atoms with Crippen LogP contribution in [0, 0.1) is 11.7 Å². The fourth-order valence-electron chi connectivity index (χ4n) is 5.00. The molecule has 10 heteroatoms. The molecule has 1 N–H and O–H groups in total. The van der Waals surface area contributed by atoms with Crippen LogP contribution in [0.4, 0.5) is 13.2 Å². The Labute approximate surface area is 202 Å². The van der Waals surface area contributed by atoms with Gasteiger partial charge in [-0.2, -0.15) is 13.9 Å². The molecule has 2 aromatic rings. The minimum Gasteiger partial charge on any atom is -0.435 e. The predicted octanol–water partition coefficient (Wildman–Crippen LogP) is 4.10. The SMILES string of the molecule is CC(C)N1CCC(NC(=O)[C@@H]2CCc3c(-c4cc(OC(F)F)ccc4F)nn(C(C)C)c3C2)C1=O. The van der Waals surface area contributed by atoms with E-state index in [1.165, 1.54) is 6.07 Å². The summed E-state index contributed by atoms with van der Waals surface area (Å²) in [4.78, 5) is 27.5. The monoisotopic (exact) mass is 492 g/mol. The van der Waals surface area contributed by atoms with Crippen LogP contribution in [0.5, 0.6) is 5.75 Å². The van der Waals surface area contributed by atoms with Crippen molar-refractivity contribution in [3.05, 3.63) is 35.3 Å². The zero-order valence-electron chi connectivity index (χ0n) is 20.4. The number of aromatic nitrogens is 2. The van der Waals surface area contributed by atoms with Gasteiger partial charge in [-0.3, -0.25) is 14.3 Å². The van der Waals surface area contributed by atoms with Crippen LogP contribution in [-0.4, -0.2) is 51.7 Å². The summed E-state index contributed by atoms with van der Waals surface area (Å²) in [6, 6.07) is 3.00. The Balaban J connectivity index is 1.58. The smallest absolute Gasteiger partial charge is 0.387 e. The summed E-state index contributed by atoms with van der Waals surface area (Å²) in [6.45, 7) is 5.38. The lowest BCUT2D eigenvalue weighted by molar-refractivity contribution is -0.135. The molecule has 4 rings (SSSR count). The third-order valence-electron chi connectivity index (χ3n) is 6.76. The third-order valence-corrected chi connectivity index (χ3v) is 6.76. The average molecular weight is 493 g/mol. The number of hydrogen-bond donors (Lipinski definition) is 1. The molecule has 2 aliphatic rings. The average Bonchev–Trinajstić information content (AvgIpc) is 3.35. The van der Waals surface area contributed by atoms with Gasteiger partial charge in [0.15, 0.2) is 0 Å². The van der Waals surface area contributed by atoms with E-state index in [1.54, 1.807) is 9.58 Å². The van der Waals surface area contributed by atoms with Gasteiger partial charge < -0.3 is 15.0 Å². The predicted molar refractivity (Wildman–Crippen MR) is 124 cm³/mol. The van der Waals surface area contributed by atoms with Crippen LogP contribution < -0.4 is 10.1 Å². The second-order valence-electron chi connectivity index (χ2n) is 9.75. The zero-order chi connectivity index (χ0) is 25.4. The molecule has 1 aliphatic carbocycles. The maximum atomic E-state index is 14.7. The van der Waals surface area contributed by atoms with Gasteiger partial charge in [-0.15, -0.1) is 0 Å². The van der Waals surface area contributed by atoms with Gasteiger partial charge in [0.05, 0.1) is 5.69 Å². The van der Waals surface area contributed by atoms with E-state index < -0.39 is 18.5 Å². The van der Waals surface area contributed by atoms with E-state index in [2.05, 4.69) is 15.2 Å². The summed E-state index contributed by atoms with van der Waals surface area (Å²) in [6.07, 6.45) is 1.98. The molecule has 1 aliphatic heterocycles. The lowest BCUT2D eigenvalue weighted by Crippen LogP contribution is -2.46. The highest BCUT2D eigenvalue weighted by atomic mass is 19.3. The van der Waals surface area contributed by atoms with Gasteiger partial charge >= 0.3 is 6.61 Å². The molecule has 0 saturated carbocycles. The van der Waals surface area contributed by atoms with Crippen molar-refractivity contribution in [2.24, 2.45) is 5.92 Å². The van der Waals surface area contributed by atoms with Crippen LogP contribution in [0.25, 0.3) is 11.3 Å². The quantitative estimate of drug-likeness (QED) is 0.632. The number of benzene rings is 1. The van der Waals surface area contributed by atoms with Gasteiger partial charge in [-0.1, -0.05) is 0 Å². The molecule has 1 aromatic heterocycles. The molecule has 7 nitrogen and oxygen atoms in total.